The number of hydrogen-bond donors (Lipinski definition) is 0. The second kappa shape index (κ2) is 11.6. The van der Waals surface area contributed by atoms with Gasteiger partial charge in [-0.1, -0.05) is 105 Å². The zero-order chi connectivity index (χ0) is 34.7. The third-order valence-electron chi connectivity index (χ3n) is 10.4. The molecule has 0 bridgehead atoms. The van der Waals surface area contributed by atoms with Crippen LogP contribution in [-0.4, -0.2) is 4.57 Å². The second-order valence-corrected chi connectivity index (χ2v) is 13.6. The molecule has 0 atom stereocenters. The Morgan fingerprint density at radius 1 is 0.569 bits per heavy atom. The van der Waals surface area contributed by atoms with Crippen molar-refractivity contribution in [2.24, 2.45) is 0 Å². The van der Waals surface area contributed by atoms with Gasteiger partial charge in [-0.3, -0.25) is 0 Å². The molecule has 240 valence electrons. The van der Waals surface area contributed by atoms with Crippen LogP contribution < -0.4 is 4.90 Å². The van der Waals surface area contributed by atoms with E-state index >= 15 is 0 Å². The van der Waals surface area contributed by atoms with Gasteiger partial charge in [-0.2, -0.15) is 5.26 Å². The molecule has 0 aliphatic carbocycles. The molecule has 0 spiro atoms. The van der Waals surface area contributed by atoms with E-state index in [2.05, 4.69) is 162 Å². The summed E-state index contributed by atoms with van der Waals surface area (Å²) in [7, 11) is 0. The summed E-state index contributed by atoms with van der Waals surface area (Å²) < 4.78 is 2.29. The third kappa shape index (κ3) is 4.66. The van der Waals surface area contributed by atoms with Crippen molar-refractivity contribution in [3.63, 3.8) is 0 Å². The van der Waals surface area contributed by atoms with Crippen molar-refractivity contribution in [2.45, 2.75) is 19.3 Å². The number of fused-ring (bicyclic) bond motifs is 5. The quantitative estimate of drug-likeness (QED) is 0.177. The van der Waals surface area contributed by atoms with E-state index in [4.69, 9.17) is 6.57 Å². The first-order valence-electron chi connectivity index (χ1n) is 17.1. The van der Waals surface area contributed by atoms with E-state index in [9.17, 15) is 5.26 Å². The minimum atomic E-state index is -0.279. The van der Waals surface area contributed by atoms with Crippen LogP contribution in [0.5, 0.6) is 0 Å². The highest BCUT2D eigenvalue weighted by molar-refractivity contribution is 6.10. The first kappa shape index (κ1) is 30.2. The number of aromatic nitrogens is 1. The number of benzene rings is 7. The van der Waals surface area contributed by atoms with Crippen molar-refractivity contribution in [1.82, 2.24) is 4.57 Å². The van der Waals surface area contributed by atoms with Gasteiger partial charge < -0.3 is 9.47 Å². The van der Waals surface area contributed by atoms with Crippen LogP contribution in [0.3, 0.4) is 0 Å². The van der Waals surface area contributed by atoms with E-state index in [1.54, 1.807) is 0 Å². The molecule has 0 saturated heterocycles. The molecule has 8 aromatic rings. The zero-order valence-electron chi connectivity index (χ0n) is 28.3. The van der Waals surface area contributed by atoms with Crippen LogP contribution in [0.2, 0.25) is 0 Å². The fourth-order valence-corrected chi connectivity index (χ4v) is 8.00. The van der Waals surface area contributed by atoms with Crippen LogP contribution in [0.4, 0.5) is 22.7 Å². The van der Waals surface area contributed by atoms with Gasteiger partial charge in [0.15, 0.2) is 5.69 Å². The largest absolute Gasteiger partial charge is 0.310 e. The van der Waals surface area contributed by atoms with Crippen LogP contribution in [0.15, 0.2) is 158 Å². The summed E-state index contributed by atoms with van der Waals surface area (Å²) in [5, 5.41) is 12.5. The average Bonchev–Trinajstić information content (AvgIpc) is 3.52. The number of anilines is 3. The summed E-state index contributed by atoms with van der Waals surface area (Å²) in [5.41, 5.74) is 13.7. The Morgan fingerprint density at radius 3 is 1.94 bits per heavy atom. The number of hydrogen-bond acceptors (Lipinski definition) is 2. The first-order valence-corrected chi connectivity index (χ1v) is 17.1. The van der Waals surface area contributed by atoms with Gasteiger partial charge in [0.25, 0.3) is 0 Å². The minimum absolute atomic E-state index is 0.279. The maximum absolute atomic E-state index is 10.1. The molecule has 4 heteroatoms. The van der Waals surface area contributed by atoms with Gasteiger partial charge in [0.2, 0.25) is 0 Å². The Balaban J connectivity index is 1.31. The van der Waals surface area contributed by atoms with Gasteiger partial charge in [0.05, 0.1) is 46.3 Å². The van der Waals surface area contributed by atoms with E-state index < -0.39 is 0 Å². The molecule has 51 heavy (non-hydrogen) atoms. The van der Waals surface area contributed by atoms with Crippen LogP contribution in [-0.2, 0) is 5.41 Å². The topological polar surface area (TPSA) is 36.3 Å². The van der Waals surface area contributed by atoms with Crippen molar-refractivity contribution >= 4 is 44.6 Å². The molecule has 2 heterocycles. The fraction of sp³-hybridized carbons (Fsp3) is 0.0638. The molecule has 0 unspecified atom stereocenters. The summed E-state index contributed by atoms with van der Waals surface area (Å²) in [6.07, 6.45) is 0. The van der Waals surface area contributed by atoms with Gasteiger partial charge in [-0.25, -0.2) is 4.85 Å². The lowest BCUT2D eigenvalue weighted by Gasteiger charge is -2.42. The molecule has 0 saturated carbocycles. The van der Waals surface area contributed by atoms with E-state index in [0.29, 0.717) is 11.3 Å². The molecular formula is C47H32N4. The molecule has 0 fully saturated rings. The van der Waals surface area contributed by atoms with E-state index in [1.807, 2.05) is 30.3 Å². The lowest BCUT2D eigenvalue weighted by molar-refractivity contribution is 0.632. The molecule has 9 rings (SSSR count). The molecule has 4 nitrogen and oxygen atoms in total. The molecule has 0 radical (unpaired) electrons. The van der Waals surface area contributed by atoms with Crippen LogP contribution >= 0.6 is 0 Å². The highest BCUT2D eigenvalue weighted by atomic mass is 15.2. The van der Waals surface area contributed by atoms with E-state index in [-0.39, 0.29) is 5.41 Å². The lowest BCUT2D eigenvalue weighted by Crippen LogP contribution is -2.30. The smallest absolute Gasteiger partial charge is 0.187 e. The fourth-order valence-electron chi connectivity index (χ4n) is 8.00. The Bertz CT molecular complexity index is 2700. The van der Waals surface area contributed by atoms with Crippen molar-refractivity contribution < 1.29 is 0 Å². The normalized spacial score (nSPS) is 13.0. The summed E-state index contributed by atoms with van der Waals surface area (Å²) in [5.74, 6) is 0. The van der Waals surface area contributed by atoms with Gasteiger partial charge in [0, 0.05) is 27.4 Å². The molecule has 1 aliphatic rings. The molecular weight excluding hydrogens is 621 g/mol. The van der Waals surface area contributed by atoms with Gasteiger partial charge in [-0.05, 0) is 94.5 Å². The Labute approximate surface area is 297 Å². The van der Waals surface area contributed by atoms with Crippen LogP contribution in [0.1, 0.15) is 30.5 Å². The Hall–Kier alpha value is -6.88. The van der Waals surface area contributed by atoms with Gasteiger partial charge >= 0.3 is 0 Å². The van der Waals surface area contributed by atoms with Crippen molar-refractivity contribution in [1.29, 1.82) is 5.26 Å². The maximum atomic E-state index is 10.1. The zero-order valence-corrected chi connectivity index (χ0v) is 28.3. The molecule has 0 N–H and O–H groups in total. The Morgan fingerprint density at radius 2 is 1.22 bits per heavy atom. The molecule has 1 aromatic heterocycles. The number of para-hydroxylation sites is 4. The highest BCUT2D eigenvalue weighted by Gasteiger charge is 2.37. The summed E-state index contributed by atoms with van der Waals surface area (Å²) >= 11 is 0. The minimum Gasteiger partial charge on any atom is -0.310 e. The third-order valence-corrected chi connectivity index (χ3v) is 10.4. The maximum Gasteiger partial charge on any atom is 0.187 e. The van der Waals surface area contributed by atoms with Crippen molar-refractivity contribution in [3.05, 3.63) is 186 Å². The van der Waals surface area contributed by atoms with Gasteiger partial charge in [-0.15, -0.1) is 0 Å². The SMILES string of the molecule is [C-]#[N+]c1ccc(-c2ccc3c(c2)C(C)(C)c2ccccc2N3c2ccccc2)c(-c2cc(C#N)ccc2-n2c3ccccc3c3ccccc32)c1. The average molecular weight is 653 g/mol. The summed E-state index contributed by atoms with van der Waals surface area (Å²) in [4.78, 5) is 6.22. The summed E-state index contributed by atoms with van der Waals surface area (Å²) in [6.45, 7) is 12.6. The predicted octanol–water partition coefficient (Wildman–Crippen LogP) is 12.6. The summed E-state index contributed by atoms with van der Waals surface area (Å²) in [6, 6.07) is 57.1. The lowest BCUT2D eigenvalue weighted by atomic mass is 9.72. The Kier molecular flexibility index (Phi) is 6.88. The monoisotopic (exact) mass is 652 g/mol. The van der Waals surface area contributed by atoms with Crippen LogP contribution in [0.25, 0.3) is 54.6 Å². The van der Waals surface area contributed by atoms with Crippen molar-refractivity contribution in [3.8, 4) is 34.0 Å². The van der Waals surface area contributed by atoms with E-state index in [0.717, 1.165) is 50.3 Å². The molecule has 7 aromatic carbocycles. The van der Waals surface area contributed by atoms with Crippen molar-refractivity contribution in [2.75, 3.05) is 4.90 Å². The molecule has 1 aliphatic heterocycles. The second-order valence-electron chi connectivity index (χ2n) is 13.6. The standard InChI is InChI=1S/C47H32N4/c1-47(2)40-17-9-12-20-45(40)50(34-13-5-4-6-14-34)46-26-22-32(28-41(46)47)35-24-23-33(49-3)29-38(35)39-27-31(30-48)21-25-44(39)51-42-18-10-7-15-36(42)37-16-8-11-19-43(37)51/h4-29H,1-2H3. The first-order chi connectivity index (χ1) is 25.0. The van der Waals surface area contributed by atoms with E-state index in [1.165, 1.54) is 27.6 Å². The number of rotatable bonds is 4. The predicted molar refractivity (Wildman–Crippen MR) is 209 cm³/mol. The van der Waals surface area contributed by atoms with Gasteiger partial charge in [0.1, 0.15) is 0 Å². The number of nitriles is 1. The number of nitrogens with zero attached hydrogens (tertiary/aromatic N) is 4. The highest BCUT2D eigenvalue weighted by Crippen LogP contribution is 2.53. The molecule has 0 amide bonds. The van der Waals surface area contributed by atoms with Crippen LogP contribution in [0, 0.1) is 17.9 Å².